The molecule has 1 aromatic heterocycles. The molecule has 0 fully saturated rings. The zero-order valence-electron chi connectivity index (χ0n) is 13.2. The van der Waals surface area contributed by atoms with E-state index < -0.39 is 5.24 Å². The fraction of sp³-hybridized carbons (Fsp3) is 0.188. The van der Waals surface area contributed by atoms with Crippen molar-refractivity contribution in [3.63, 3.8) is 0 Å². The fourth-order valence-electron chi connectivity index (χ4n) is 1.73. The normalized spacial score (nSPS) is 10.6. The third kappa shape index (κ3) is 7.10. The Kier molecular flexibility index (Phi) is 7.54. The Balaban J connectivity index is 1.61. The Morgan fingerprint density at radius 1 is 1.32 bits per heavy atom. The molecule has 132 valence electrons. The molecule has 25 heavy (non-hydrogen) atoms. The van der Waals surface area contributed by atoms with Crippen LogP contribution >= 0.6 is 11.8 Å². The van der Waals surface area contributed by atoms with Crippen molar-refractivity contribution in [2.45, 2.75) is 11.5 Å². The number of aromatic nitrogens is 1. The Labute approximate surface area is 148 Å². The lowest BCUT2D eigenvalue weighted by molar-refractivity contribution is -0.116. The van der Waals surface area contributed by atoms with E-state index in [1.165, 1.54) is 17.6 Å². The smallest absolute Gasteiger partial charge is 0.310 e. The fourth-order valence-corrected chi connectivity index (χ4v) is 2.19. The number of rotatable bonds is 8. The number of hydrogen-bond donors (Lipinski definition) is 3. The first-order chi connectivity index (χ1) is 12.2. The maximum atomic E-state index is 11.7. The van der Waals surface area contributed by atoms with Crippen LogP contribution in [0.5, 0.6) is 5.88 Å². The Bertz CT molecular complexity index is 718. The summed E-state index contributed by atoms with van der Waals surface area (Å²) in [5.41, 5.74) is 2.42. The number of amides is 2. The van der Waals surface area contributed by atoms with Gasteiger partial charge in [-0.2, -0.15) is 0 Å². The summed E-state index contributed by atoms with van der Waals surface area (Å²) >= 11 is 0.642. The second-order valence-electron chi connectivity index (χ2n) is 4.72. The number of benzene rings is 1. The van der Waals surface area contributed by atoms with E-state index in [1.807, 2.05) is 30.3 Å². The molecule has 0 saturated carbocycles. The van der Waals surface area contributed by atoms with E-state index in [0.29, 0.717) is 31.3 Å². The van der Waals surface area contributed by atoms with Crippen LogP contribution in [0.15, 0.2) is 52.1 Å². The number of ether oxygens (including phenoxy) is 1. The average molecular weight is 363 g/mol. The summed E-state index contributed by atoms with van der Waals surface area (Å²) in [5.74, 6) is 0.0440. The third-order valence-corrected chi connectivity index (χ3v) is 3.52. The SMILES string of the molecule is O=C(/C=C/c1ccccc1)NCCCOc1cc(SC(=O)NO)on1. The minimum absolute atomic E-state index is 0.181. The number of nitrogens with zero attached hydrogens (tertiary/aromatic N) is 1. The maximum absolute atomic E-state index is 11.7. The summed E-state index contributed by atoms with van der Waals surface area (Å²) in [7, 11) is 0. The number of carbonyl (C=O) groups excluding carboxylic acids is 2. The molecule has 1 aromatic carbocycles. The van der Waals surface area contributed by atoms with E-state index in [1.54, 1.807) is 6.08 Å². The van der Waals surface area contributed by atoms with Crippen molar-refractivity contribution in [3.8, 4) is 5.88 Å². The summed E-state index contributed by atoms with van der Waals surface area (Å²) in [6, 6.07) is 11.0. The van der Waals surface area contributed by atoms with E-state index in [4.69, 9.17) is 14.5 Å². The van der Waals surface area contributed by atoms with Crippen LogP contribution in [0.2, 0.25) is 0 Å². The molecular formula is C16H17N3O5S. The Hall–Kier alpha value is -2.78. The van der Waals surface area contributed by atoms with Gasteiger partial charge in [0.15, 0.2) is 0 Å². The van der Waals surface area contributed by atoms with E-state index >= 15 is 0 Å². The van der Waals surface area contributed by atoms with Gasteiger partial charge in [0.2, 0.25) is 11.0 Å². The molecule has 0 aliphatic rings. The zero-order chi connectivity index (χ0) is 17.9. The molecule has 2 aromatic rings. The number of hydrogen-bond acceptors (Lipinski definition) is 7. The molecule has 0 aliphatic carbocycles. The summed E-state index contributed by atoms with van der Waals surface area (Å²) in [5, 5.41) is 14.3. The lowest BCUT2D eigenvalue weighted by Crippen LogP contribution is -2.23. The van der Waals surface area contributed by atoms with Crippen LogP contribution in [0.3, 0.4) is 0 Å². The highest BCUT2D eigenvalue weighted by Crippen LogP contribution is 2.22. The molecular weight excluding hydrogens is 346 g/mol. The summed E-state index contributed by atoms with van der Waals surface area (Å²) < 4.78 is 10.2. The number of hydroxylamine groups is 1. The highest BCUT2D eigenvalue weighted by atomic mass is 32.2. The second-order valence-corrected chi connectivity index (χ2v) is 5.70. The first-order valence-electron chi connectivity index (χ1n) is 7.40. The molecule has 2 rings (SSSR count). The van der Waals surface area contributed by atoms with Gasteiger partial charge in [-0.05, 0) is 23.2 Å². The monoisotopic (exact) mass is 363 g/mol. The standard InChI is InChI=1S/C16H17N3O5S/c20-13(8-7-12-5-2-1-3-6-12)17-9-4-10-23-14-11-15(24-19-14)25-16(21)18-22/h1-3,5-8,11,22H,4,9-10H2,(H,17,20)(H,18,21)/b8-7+. The van der Waals surface area contributed by atoms with Crippen LogP contribution in [0, 0.1) is 0 Å². The van der Waals surface area contributed by atoms with Crippen molar-refractivity contribution in [2.75, 3.05) is 13.2 Å². The Morgan fingerprint density at radius 3 is 2.88 bits per heavy atom. The average Bonchev–Trinajstić information content (AvgIpc) is 3.07. The molecule has 8 nitrogen and oxygen atoms in total. The molecule has 0 bridgehead atoms. The third-order valence-electron chi connectivity index (χ3n) is 2.85. The molecule has 0 saturated heterocycles. The van der Waals surface area contributed by atoms with Gasteiger partial charge in [-0.25, -0.2) is 5.48 Å². The van der Waals surface area contributed by atoms with Gasteiger partial charge in [-0.15, -0.1) is 0 Å². The highest BCUT2D eigenvalue weighted by molar-refractivity contribution is 8.13. The topological polar surface area (TPSA) is 114 Å². The number of nitrogens with one attached hydrogen (secondary N) is 2. The van der Waals surface area contributed by atoms with Gasteiger partial charge in [0, 0.05) is 24.4 Å². The molecule has 0 unspecified atom stereocenters. The van der Waals surface area contributed by atoms with Gasteiger partial charge >= 0.3 is 5.24 Å². The van der Waals surface area contributed by atoms with Crippen molar-refractivity contribution < 1.29 is 24.1 Å². The van der Waals surface area contributed by atoms with Gasteiger partial charge in [0.05, 0.1) is 12.7 Å². The van der Waals surface area contributed by atoms with Crippen molar-refractivity contribution in [1.29, 1.82) is 0 Å². The van der Waals surface area contributed by atoms with E-state index in [-0.39, 0.29) is 16.9 Å². The van der Waals surface area contributed by atoms with Gasteiger partial charge < -0.3 is 14.6 Å². The first-order valence-corrected chi connectivity index (χ1v) is 8.21. The minimum atomic E-state index is -0.686. The molecule has 0 radical (unpaired) electrons. The van der Waals surface area contributed by atoms with E-state index in [0.717, 1.165) is 5.56 Å². The molecule has 1 heterocycles. The summed E-state index contributed by atoms with van der Waals surface area (Å²) in [6.45, 7) is 0.774. The lowest BCUT2D eigenvalue weighted by atomic mass is 10.2. The molecule has 3 N–H and O–H groups in total. The Morgan fingerprint density at radius 2 is 2.12 bits per heavy atom. The van der Waals surface area contributed by atoms with Crippen molar-refractivity contribution in [2.24, 2.45) is 0 Å². The number of thioether (sulfide) groups is 1. The predicted molar refractivity (Wildman–Crippen MR) is 91.3 cm³/mol. The second kappa shape index (κ2) is 10.2. The van der Waals surface area contributed by atoms with Crippen LogP contribution in [0.4, 0.5) is 4.79 Å². The quantitative estimate of drug-likeness (QED) is 0.217. The van der Waals surface area contributed by atoms with Gasteiger partial charge in [0.25, 0.3) is 5.88 Å². The van der Waals surface area contributed by atoms with Crippen LogP contribution in [-0.4, -0.2) is 34.7 Å². The zero-order valence-corrected chi connectivity index (χ0v) is 14.0. The van der Waals surface area contributed by atoms with Crippen LogP contribution in [0.1, 0.15) is 12.0 Å². The van der Waals surface area contributed by atoms with E-state index in [2.05, 4.69) is 10.5 Å². The molecule has 0 atom stereocenters. The van der Waals surface area contributed by atoms with Crippen molar-refractivity contribution in [3.05, 3.63) is 48.0 Å². The predicted octanol–water partition coefficient (Wildman–Crippen LogP) is 2.46. The molecule has 9 heteroatoms. The molecule has 0 aliphatic heterocycles. The maximum Gasteiger partial charge on any atom is 0.310 e. The first kappa shape index (κ1) is 18.6. The van der Waals surface area contributed by atoms with Gasteiger partial charge in [-0.1, -0.05) is 30.3 Å². The van der Waals surface area contributed by atoms with Gasteiger partial charge in [-0.3, -0.25) is 14.8 Å². The van der Waals surface area contributed by atoms with Crippen molar-refractivity contribution in [1.82, 2.24) is 16.0 Å². The van der Waals surface area contributed by atoms with Crippen LogP contribution in [0.25, 0.3) is 6.08 Å². The lowest BCUT2D eigenvalue weighted by Gasteiger charge is -2.03. The van der Waals surface area contributed by atoms with Crippen LogP contribution in [-0.2, 0) is 4.79 Å². The van der Waals surface area contributed by atoms with E-state index in [9.17, 15) is 9.59 Å². The molecule has 0 spiro atoms. The number of carbonyl (C=O) groups is 2. The largest absolute Gasteiger partial charge is 0.475 e. The highest BCUT2D eigenvalue weighted by Gasteiger charge is 2.10. The summed E-state index contributed by atoms with van der Waals surface area (Å²) in [6.07, 6.45) is 3.80. The summed E-state index contributed by atoms with van der Waals surface area (Å²) in [4.78, 5) is 22.6. The van der Waals surface area contributed by atoms with Gasteiger partial charge in [0.1, 0.15) is 0 Å². The van der Waals surface area contributed by atoms with Crippen molar-refractivity contribution >= 4 is 29.0 Å². The van der Waals surface area contributed by atoms with Crippen LogP contribution < -0.4 is 15.5 Å². The molecule has 2 amide bonds. The minimum Gasteiger partial charge on any atom is -0.475 e.